The third kappa shape index (κ3) is 5.37. The molecule has 2 amide bonds. The zero-order chi connectivity index (χ0) is 16.7. The number of benzene rings is 1. The van der Waals surface area contributed by atoms with Gasteiger partial charge in [-0.25, -0.2) is 4.79 Å². The summed E-state index contributed by atoms with van der Waals surface area (Å²) in [7, 11) is 0. The minimum atomic E-state index is -0.346. The van der Waals surface area contributed by atoms with Crippen LogP contribution in [0.4, 0.5) is 4.79 Å². The number of carbonyl (C=O) groups excluding carboxylic acids is 2. The van der Waals surface area contributed by atoms with Crippen LogP contribution in [-0.2, 0) is 4.74 Å². The van der Waals surface area contributed by atoms with Crippen molar-refractivity contribution in [2.24, 2.45) is 0 Å². The third-order valence-electron chi connectivity index (χ3n) is 3.94. The maximum absolute atomic E-state index is 12.5. The highest BCUT2D eigenvalue weighted by atomic mass is 127. The summed E-state index contributed by atoms with van der Waals surface area (Å²) in [5, 5.41) is 2.89. The molecule has 6 heteroatoms. The van der Waals surface area contributed by atoms with E-state index >= 15 is 0 Å². The summed E-state index contributed by atoms with van der Waals surface area (Å²) < 4.78 is 6.08. The fraction of sp³-hybridized carbons (Fsp3) is 0.529. The lowest BCUT2D eigenvalue weighted by Gasteiger charge is -2.32. The molecule has 1 aromatic carbocycles. The summed E-state index contributed by atoms with van der Waals surface area (Å²) in [5.41, 5.74) is 0.749. The van der Waals surface area contributed by atoms with E-state index in [9.17, 15) is 9.59 Å². The van der Waals surface area contributed by atoms with Gasteiger partial charge in [-0.15, -0.1) is 0 Å². The van der Waals surface area contributed by atoms with Gasteiger partial charge < -0.3 is 15.0 Å². The molecule has 0 radical (unpaired) electrons. The summed E-state index contributed by atoms with van der Waals surface area (Å²) in [5.74, 6) is 0.0685. The van der Waals surface area contributed by atoms with E-state index < -0.39 is 0 Å². The minimum absolute atomic E-state index is 0.0685. The van der Waals surface area contributed by atoms with Gasteiger partial charge in [0.25, 0.3) is 5.91 Å². The minimum Gasteiger partial charge on any atom is -0.450 e. The molecule has 0 unspecified atom stereocenters. The Morgan fingerprint density at radius 1 is 1.30 bits per heavy atom. The molecule has 23 heavy (non-hydrogen) atoms. The Hall–Kier alpha value is -1.31. The van der Waals surface area contributed by atoms with Crippen molar-refractivity contribution >= 4 is 34.6 Å². The number of piperidine rings is 1. The molecular formula is C17H23IN2O3. The highest BCUT2D eigenvalue weighted by Crippen LogP contribution is 2.18. The Labute approximate surface area is 150 Å². The van der Waals surface area contributed by atoms with Gasteiger partial charge in [-0.3, -0.25) is 4.79 Å². The van der Waals surface area contributed by atoms with Crippen LogP contribution < -0.4 is 5.32 Å². The molecule has 0 aromatic heterocycles. The predicted octanol–water partition coefficient (Wildman–Crippen LogP) is 3.42. The molecule has 1 saturated heterocycles. The zero-order valence-electron chi connectivity index (χ0n) is 13.4. The molecule has 1 aliphatic heterocycles. The molecule has 5 nitrogen and oxygen atoms in total. The first-order valence-corrected chi connectivity index (χ1v) is 9.16. The van der Waals surface area contributed by atoms with Crippen molar-refractivity contribution in [3.8, 4) is 0 Å². The number of likely N-dealkylation sites (tertiary alicyclic amines) is 1. The Morgan fingerprint density at radius 2 is 2.00 bits per heavy atom. The summed E-state index contributed by atoms with van der Waals surface area (Å²) in [4.78, 5) is 26.0. The first kappa shape index (κ1) is 18.0. The Bertz CT molecular complexity index is 542. The van der Waals surface area contributed by atoms with Gasteiger partial charge in [0.05, 0.1) is 12.2 Å². The smallest absolute Gasteiger partial charge is 0.407 e. The Balaban J connectivity index is 1.79. The van der Waals surface area contributed by atoms with Crippen molar-refractivity contribution < 1.29 is 14.3 Å². The fourth-order valence-corrected chi connectivity index (χ4v) is 3.17. The molecule has 0 saturated carbocycles. The highest BCUT2D eigenvalue weighted by Gasteiger charge is 2.25. The van der Waals surface area contributed by atoms with E-state index in [1.165, 1.54) is 0 Å². The average molecular weight is 430 g/mol. The monoisotopic (exact) mass is 430 g/mol. The highest BCUT2D eigenvalue weighted by molar-refractivity contribution is 14.1. The van der Waals surface area contributed by atoms with Crippen molar-refractivity contribution in [2.75, 3.05) is 19.7 Å². The van der Waals surface area contributed by atoms with Crippen molar-refractivity contribution in [3.05, 3.63) is 33.4 Å². The molecule has 0 aliphatic carbocycles. The fourth-order valence-electron chi connectivity index (χ4n) is 2.55. The van der Waals surface area contributed by atoms with E-state index in [0.29, 0.717) is 19.7 Å². The second-order valence-corrected chi connectivity index (χ2v) is 6.84. The van der Waals surface area contributed by atoms with Crippen LogP contribution in [0.5, 0.6) is 0 Å². The number of ether oxygens (including phenoxy) is 1. The molecule has 0 spiro atoms. The van der Waals surface area contributed by atoms with Gasteiger partial charge in [0, 0.05) is 22.7 Å². The Kier molecular flexibility index (Phi) is 7.14. The predicted molar refractivity (Wildman–Crippen MR) is 97.5 cm³/mol. The molecule has 126 valence electrons. The summed E-state index contributed by atoms with van der Waals surface area (Å²) in [6.07, 6.45) is 3.07. The standard InChI is InChI=1S/C17H23IN2O3/c1-2-3-12-23-17(22)19-13-8-10-20(11-9-13)16(21)14-6-4-5-7-15(14)18/h4-7,13H,2-3,8-12H2,1H3,(H,19,22). The van der Waals surface area contributed by atoms with E-state index in [1.807, 2.05) is 29.2 Å². The molecule has 0 atom stereocenters. The first-order chi connectivity index (χ1) is 11.1. The van der Waals surface area contributed by atoms with E-state index in [0.717, 1.165) is 34.8 Å². The number of rotatable bonds is 5. The molecule has 1 aliphatic rings. The lowest BCUT2D eigenvalue weighted by molar-refractivity contribution is 0.0700. The first-order valence-electron chi connectivity index (χ1n) is 8.09. The van der Waals surface area contributed by atoms with Crippen LogP contribution in [0.25, 0.3) is 0 Å². The van der Waals surface area contributed by atoms with Gasteiger partial charge in [0.1, 0.15) is 0 Å². The van der Waals surface area contributed by atoms with Crippen molar-refractivity contribution in [2.45, 2.75) is 38.6 Å². The van der Waals surface area contributed by atoms with Crippen molar-refractivity contribution in [3.63, 3.8) is 0 Å². The number of amides is 2. The van der Waals surface area contributed by atoms with Crippen LogP contribution in [-0.4, -0.2) is 42.6 Å². The molecule has 1 heterocycles. The number of hydrogen-bond donors (Lipinski definition) is 1. The van der Waals surface area contributed by atoms with Gasteiger partial charge in [-0.1, -0.05) is 25.5 Å². The maximum atomic E-state index is 12.5. The van der Waals surface area contributed by atoms with E-state index in [4.69, 9.17) is 4.74 Å². The van der Waals surface area contributed by atoms with Gasteiger partial charge in [0.15, 0.2) is 0 Å². The third-order valence-corrected chi connectivity index (χ3v) is 4.88. The molecular weight excluding hydrogens is 407 g/mol. The van der Waals surface area contributed by atoms with Crippen molar-refractivity contribution in [1.82, 2.24) is 10.2 Å². The zero-order valence-corrected chi connectivity index (χ0v) is 15.5. The summed E-state index contributed by atoms with van der Waals surface area (Å²) in [6, 6.07) is 7.70. The molecule has 2 rings (SSSR count). The number of carbonyl (C=O) groups is 2. The van der Waals surface area contributed by atoms with Crippen LogP contribution in [0.3, 0.4) is 0 Å². The molecule has 0 bridgehead atoms. The van der Waals surface area contributed by atoms with E-state index in [-0.39, 0.29) is 18.0 Å². The van der Waals surface area contributed by atoms with Gasteiger partial charge in [-0.2, -0.15) is 0 Å². The van der Waals surface area contributed by atoms with Crippen LogP contribution >= 0.6 is 22.6 Å². The lowest BCUT2D eigenvalue weighted by atomic mass is 10.0. The number of alkyl carbamates (subject to hydrolysis) is 1. The average Bonchev–Trinajstić information content (AvgIpc) is 2.56. The number of halogens is 1. The quantitative estimate of drug-likeness (QED) is 0.576. The van der Waals surface area contributed by atoms with E-state index in [2.05, 4.69) is 34.8 Å². The summed E-state index contributed by atoms with van der Waals surface area (Å²) >= 11 is 2.19. The number of nitrogens with one attached hydrogen (secondary N) is 1. The number of nitrogens with zero attached hydrogens (tertiary/aromatic N) is 1. The molecule has 1 fully saturated rings. The number of hydrogen-bond acceptors (Lipinski definition) is 3. The molecule has 1 N–H and O–H groups in total. The second kappa shape index (κ2) is 9.10. The topological polar surface area (TPSA) is 58.6 Å². The maximum Gasteiger partial charge on any atom is 0.407 e. The largest absolute Gasteiger partial charge is 0.450 e. The normalized spacial score (nSPS) is 15.3. The van der Waals surface area contributed by atoms with Crippen LogP contribution in [0, 0.1) is 3.57 Å². The van der Waals surface area contributed by atoms with Crippen LogP contribution in [0.1, 0.15) is 43.0 Å². The molecule has 1 aromatic rings. The Morgan fingerprint density at radius 3 is 2.65 bits per heavy atom. The van der Waals surface area contributed by atoms with Gasteiger partial charge in [-0.05, 0) is 54.0 Å². The van der Waals surface area contributed by atoms with Gasteiger partial charge in [0.2, 0.25) is 0 Å². The van der Waals surface area contributed by atoms with Crippen molar-refractivity contribution in [1.29, 1.82) is 0 Å². The lowest BCUT2D eigenvalue weighted by Crippen LogP contribution is -2.46. The van der Waals surface area contributed by atoms with Crippen LogP contribution in [0.2, 0.25) is 0 Å². The number of unbranched alkanes of at least 4 members (excludes halogenated alkanes) is 1. The summed E-state index contributed by atoms with van der Waals surface area (Å²) in [6.45, 7) is 3.83. The van der Waals surface area contributed by atoms with Gasteiger partial charge >= 0.3 is 6.09 Å². The SMILES string of the molecule is CCCCOC(=O)NC1CCN(C(=O)c2ccccc2I)CC1. The second-order valence-electron chi connectivity index (χ2n) is 5.68. The van der Waals surface area contributed by atoms with Crippen LogP contribution in [0.15, 0.2) is 24.3 Å². The van der Waals surface area contributed by atoms with E-state index in [1.54, 1.807) is 0 Å².